The summed E-state index contributed by atoms with van der Waals surface area (Å²) in [7, 11) is -4.31. The fraction of sp³-hybridized carbons (Fsp3) is 0.419. The van der Waals surface area contributed by atoms with Crippen LogP contribution in [0.2, 0.25) is 0 Å². The molecule has 6 rings (SSSR count). The van der Waals surface area contributed by atoms with Gasteiger partial charge >= 0.3 is 0 Å². The van der Waals surface area contributed by atoms with Gasteiger partial charge in [-0.2, -0.15) is 13.0 Å². The van der Waals surface area contributed by atoms with Crippen molar-refractivity contribution >= 4 is 60.8 Å². The predicted octanol–water partition coefficient (Wildman–Crippen LogP) is 11.3. The van der Waals surface area contributed by atoms with E-state index in [2.05, 4.69) is 118 Å². The molecule has 0 fully saturated rings. The lowest BCUT2D eigenvalue weighted by molar-refractivity contribution is -0.438. The van der Waals surface area contributed by atoms with E-state index in [0.29, 0.717) is 5.41 Å². The quantitative estimate of drug-likeness (QED) is 0.0347. The molecule has 2 aliphatic heterocycles. The summed E-state index contributed by atoms with van der Waals surface area (Å²) in [6, 6.07) is 19.5. The Balaban J connectivity index is 1.37. The third-order valence-corrected chi connectivity index (χ3v) is 12.4. The molecular formula is C43H53N2O6S2+. The summed E-state index contributed by atoms with van der Waals surface area (Å²) in [6.45, 7) is 19.9. The molecule has 2 N–H and O–H groups in total. The van der Waals surface area contributed by atoms with Crippen molar-refractivity contribution < 1.29 is 32.2 Å². The Kier molecular flexibility index (Phi) is 11.1. The first-order valence-electron chi connectivity index (χ1n) is 18.6. The van der Waals surface area contributed by atoms with Crippen LogP contribution in [0.4, 0.5) is 11.4 Å². The number of hydrogen-bond acceptors (Lipinski definition) is 7. The number of allylic oxidation sites excluding steroid dienone is 4. The molecule has 0 unspecified atom stereocenters. The third kappa shape index (κ3) is 7.72. The van der Waals surface area contributed by atoms with Gasteiger partial charge in [-0.05, 0) is 109 Å². The van der Waals surface area contributed by atoms with Crippen molar-refractivity contribution in [2.75, 3.05) is 18.0 Å². The van der Waals surface area contributed by atoms with Crippen LogP contribution in [0.15, 0.2) is 94.4 Å². The topological polar surface area (TPSA) is 99.3 Å². The summed E-state index contributed by atoms with van der Waals surface area (Å²) < 4.78 is 40.7. The van der Waals surface area contributed by atoms with Crippen LogP contribution in [0.1, 0.15) is 98.6 Å². The minimum absolute atomic E-state index is 0.101. The Morgan fingerprint density at radius 3 is 2.25 bits per heavy atom. The minimum atomic E-state index is -4.31. The SMILES string of the molecule is CCN1/C(=C/C=C/C2=[N+](CCCCCCC(C)(C)C)c3ccc4cc(SOOO)ccc4c3C2(C)C)C(C)(C)c2c1ccc1cc(S(=O)(=O)O)ccc21. The molecular weight excluding hydrogens is 705 g/mol. The van der Waals surface area contributed by atoms with Crippen molar-refractivity contribution in [2.45, 2.75) is 108 Å². The van der Waals surface area contributed by atoms with Crippen molar-refractivity contribution in [2.24, 2.45) is 5.41 Å². The molecule has 0 bridgehead atoms. The highest BCUT2D eigenvalue weighted by Crippen LogP contribution is 2.51. The standard InChI is InChI=1S/C43H52N2O6S2/c1-9-44-35-23-18-30-28-32(53(47,48)49)20-22-34(30)39(35)42(5,6)37(44)15-14-16-38-43(7,8)40-33-21-19-31(52-51-50-46)27-29(33)17-24-36(40)45(38)26-13-11-10-12-25-41(2,3)4/h14-24,27-28H,9-13,25-26H2,1-8H3,(H-,46,47,48,49)/p+1. The molecule has 0 atom stereocenters. The predicted molar refractivity (Wildman–Crippen MR) is 217 cm³/mol. The average molecular weight is 758 g/mol. The van der Waals surface area contributed by atoms with Crippen LogP contribution in [0.5, 0.6) is 0 Å². The summed E-state index contributed by atoms with van der Waals surface area (Å²) in [5, 5.41) is 16.6. The highest BCUT2D eigenvalue weighted by molar-refractivity contribution is 7.94. The van der Waals surface area contributed by atoms with Gasteiger partial charge in [-0.25, -0.2) is 5.26 Å². The van der Waals surface area contributed by atoms with Crippen LogP contribution in [0.25, 0.3) is 21.5 Å². The first-order valence-corrected chi connectivity index (χ1v) is 20.8. The fourth-order valence-electron chi connectivity index (χ4n) is 8.50. The van der Waals surface area contributed by atoms with Gasteiger partial charge in [0.25, 0.3) is 10.1 Å². The van der Waals surface area contributed by atoms with Gasteiger partial charge in [0, 0.05) is 52.4 Å². The molecule has 0 saturated carbocycles. The van der Waals surface area contributed by atoms with E-state index in [4.69, 9.17) is 9.59 Å². The Morgan fingerprint density at radius 2 is 1.55 bits per heavy atom. The molecule has 0 aliphatic carbocycles. The van der Waals surface area contributed by atoms with Crippen LogP contribution in [-0.2, 0) is 30.3 Å². The Morgan fingerprint density at radius 1 is 0.868 bits per heavy atom. The Labute approximate surface area is 319 Å². The highest BCUT2D eigenvalue weighted by atomic mass is 32.2. The molecule has 4 aromatic rings. The zero-order valence-corrected chi connectivity index (χ0v) is 33.8. The zero-order valence-electron chi connectivity index (χ0n) is 32.2. The van der Waals surface area contributed by atoms with E-state index in [1.54, 1.807) is 6.07 Å². The van der Waals surface area contributed by atoms with Crippen molar-refractivity contribution in [1.29, 1.82) is 0 Å². The van der Waals surface area contributed by atoms with Gasteiger partial charge < -0.3 is 4.90 Å². The lowest BCUT2D eigenvalue weighted by atomic mass is 9.79. The molecule has 282 valence electrons. The smallest absolute Gasteiger partial charge is 0.294 e. The second-order valence-corrected chi connectivity index (χ2v) is 18.7. The lowest BCUT2D eigenvalue weighted by Crippen LogP contribution is -2.28. The van der Waals surface area contributed by atoms with Gasteiger partial charge in [-0.1, -0.05) is 76.8 Å². The van der Waals surface area contributed by atoms with Crippen LogP contribution in [0, 0.1) is 5.41 Å². The molecule has 0 radical (unpaired) electrons. The summed E-state index contributed by atoms with van der Waals surface area (Å²) in [4.78, 5) is 3.08. The molecule has 53 heavy (non-hydrogen) atoms. The first-order chi connectivity index (χ1) is 25.0. The molecule has 0 amide bonds. The normalized spacial score (nSPS) is 17.5. The monoisotopic (exact) mass is 757 g/mol. The second kappa shape index (κ2) is 15.0. The molecule has 0 aromatic heterocycles. The number of rotatable bonds is 13. The van der Waals surface area contributed by atoms with Gasteiger partial charge in [-0.3, -0.25) is 4.55 Å². The van der Waals surface area contributed by atoms with E-state index in [1.165, 1.54) is 59.8 Å². The average Bonchev–Trinajstić information content (AvgIpc) is 3.45. The Hall–Kier alpha value is -3.51. The molecule has 4 aromatic carbocycles. The maximum Gasteiger partial charge on any atom is 0.294 e. The van der Waals surface area contributed by atoms with Gasteiger partial charge in [0.2, 0.25) is 5.69 Å². The maximum atomic E-state index is 11.9. The van der Waals surface area contributed by atoms with E-state index in [-0.39, 0.29) is 15.7 Å². The van der Waals surface area contributed by atoms with Crippen molar-refractivity contribution in [3.05, 3.63) is 95.7 Å². The van der Waals surface area contributed by atoms with Gasteiger partial charge in [0.1, 0.15) is 6.54 Å². The largest absolute Gasteiger partial charge is 0.344 e. The maximum absolute atomic E-state index is 11.9. The summed E-state index contributed by atoms with van der Waals surface area (Å²) in [6.07, 6.45) is 12.7. The number of anilines is 1. The van der Waals surface area contributed by atoms with Crippen LogP contribution >= 0.6 is 12.0 Å². The van der Waals surface area contributed by atoms with Gasteiger partial charge in [0.05, 0.1) is 22.4 Å². The van der Waals surface area contributed by atoms with Gasteiger partial charge in [-0.15, -0.1) is 4.33 Å². The molecule has 10 heteroatoms. The highest BCUT2D eigenvalue weighted by Gasteiger charge is 2.46. The number of hydrogen-bond donors (Lipinski definition) is 2. The summed E-state index contributed by atoms with van der Waals surface area (Å²) in [5.41, 5.74) is 6.92. The number of unbranched alkanes of at least 4 members (excludes halogenated alkanes) is 3. The lowest BCUT2D eigenvalue weighted by Gasteiger charge is -2.26. The number of likely N-dealkylation sites (N-methyl/N-ethyl adjacent to an activating group) is 1. The molecule has 2 aliphatic rings. The van der Waals surface area contributed by atoms with Crippen LogP contribution in [-0.4, -0.2) is 41.6 Å². The third-order valence-electron chi connectivity index (χ3n) is 11.0. The van der Waals surface area contributed by atoms with Gasteiger partial charge in [0.15, 0.2) is 5.71 Å². The van der Waals surface area contributed by atoms with Crippen molar-refractivity contribution in [3.8, 4) is 0 Å². The van der Waals surface area contributed by atoms with Crippen molar-refractivity contribution in [3.63, 3.8) is 0 Å². The molecule has 0 spiro atoms. The molecule has 2 heterocycles. The molecule has 0 saturated heterocycles. The van der Waals surface area contributed by atoms with E-state index < -0.39 is 10.1 Å². The molecule has 8 nitrogen and oxygen atoms in total. The number of nitrogens with zero attached hydrogens (tertiary/aromatic N) is 2. The van der Waals surface area contributed by atoms with Crippen LogP contribution in [0.3, 0.4) is 0 Å². The second-order valence-electron chi connectivity index (χ2n) is 16.6. The number of fused-ring (bicyclic) bond motifs is 6. The minimum Gasteiger partial charge on any atom is -0.344 e. The first kappa shape index (κ1) is 39.2. The summed E-state index contributed by atoms with van der Waals surface area (Å²) in [5.74, 6) is 0. The van der Waals surface area contributed by atoms with Crippen LogP contribution < -0.4 is 4.90 Å². The fourth-order valence-corrected chi connectivity index (χ4v) is 9.42. The Bertz CT molecular complexity index is 2250. The van der Waals surface area contributed by atoms with E-state index in [1.807, 2.05) is 18.2 Å². The summed E-state index contributed by atoms with van der Waals surface area (Å²) >= 11 is 0.967. The van der Waals surface area contributed by atoms with E-state index >= 15 is 0 Å². The zero-order chi connectivity index (χ0) is 38.3. The van der Waals surface area contributed by atoms with E-state index in [9.17, 15) is 13.0 Å². The van der Waals surface area contributed by atoms with E-state index in [0.717, 1.165) is 63.9 Å². The number of benzene rings is 4. The van der Waals surface area contributed by atoms with Crippen molar-refractivity contribution in [1.82, 2.24) is 0 Å².